The zero-order chi connectivity index (χ0) is 15.6. The first kappa shape index (κ1) is 15.3. The molecule has 1 aliphatic rings. The molecule has 5 heteroatoms. The van der Waals surface area contributed by atoms with Crippen LogP contribution in [-0.4, -0.2) is 10.5 Å². The third-order valence-electron chi connectivity index (χ3n) is 3.94. The van der Waals surface area contributed by atoms with Gasteiger partial charge in [0.15, 0.2) is 0 Å². The van der Waals surface area contributed by atoms with Crippen LogP contribution in [0.3, 0.4) is 0 Å². The molecule has 0 aromatic carbocycles. The van der Waals surface area contributed by atoms with E-state index in [2.05, 4.69) is 5.92 Å². The van der Waals surface area contributed by atoms with Crippen molar-refractivity contribution >= 4 is 5.97 Å². The number of terminal acetylenes is 1. The van der Waals surface area contributed by atoms with Crippen molar-refractivity contribution < 1.29 is 18.3 Å². The van der Waals surface area contributed by atoms with E-state index in [9.17, 15) is 13.6 Å². The summed E-state index contributed by atoms with van der Waals surface area (Å²) < 4.78 is 31.7. The Hall–Kier alpha value is -2.09. The first-order valence-corrected chi connectivity index (χ1v) is 6.64. The van der Waals surface area contributed by atoms with Crippen LogP contribution in [0.4, 0.5) is 8.78 Å². The second-order valence-corrected chi connectivity index (χ2v) is 5.79. The van der Waals surface area contributed by atoms with Crippen LogP contribution in [0.25, 0.3) is 0 Å². The largest absolute Gasteiger partial charge is 0.461 e. The monoisotopic (exact) mass is 293 g/mol. The maximum atomic E-state index is 12.3. The summed E-state index contributed by atoms with van der Waals surface area (Å²) in [4.78, 5) is 12.0. The lowest BCUT2D eigenvalue weighted by Gasteiger charge is -2.04. The number of carbonyl (C=O) groups is 1. The fourth-order valence-corrected chi connectivity index (χ4v) is 2.60. The van der Waals surface area contributed by atoms with Gasteiger partial charge in [-0.2, -0.15) is 8.78 Å². The normalized spacial score (nSPS) is 22.2. The van der Waals surface area contributed by atoms with Gasteiger partial charge in [-0.05, 0) is 17.6 Å². The van der Waals surface area contributed by atoms with E-state index < -0.39 is 29.3 Å². The molecule has 1 aliphatic carbocycles. The summed E-state index contributed by atoms with van der Waals surface area (Å²) in [5.74, 6) is 1.10. The molecular formula is C16H17F2NO2. The minimum atomic E-state index is -1.75. The molecule has 1 saturated carbocycles. The SMILES string of the molecule is C#CCn1ccc(COC(=O)[C@H]2[C@H](C=C(F)F)C2(C)C)c1. The van der Waals surface area contributed by atoms with E-state index in [4.69, 9.17) is 11.2 Å². The van der Waals surface area contributed by atoms with Crippen molar-refractivity contribution in [2.45, 2.75) is 27.0 Å². The van der Waals surface area contributed by atoms with Gasteiger partial charge in [0.05, 0.1) is 12.5 Å². The molecule has 1 heterocycles. The Labute approximate surface area is 122 Å². The van der Waals surface area contributed by atoms with Crippen LogP contribution in [0, 0.1) is 29.6 Å². The molecule has 1 fully saturated rings. The predicted molar refractivity (Wildman–Crippen MR) is 74.1 cm³/mol. The number of rotatable bonds is 5. The van der Waals surface area contributed by atoms with Crippen molar-refractivity contribution in [2.24, 2.45) is 17.3 Å². The van der Waals surface area contributed by atoms with Gasteiger partial charge in [-0.3, -0.25) is 4.79 Å². The number of hydrogen-bond acceptors (Lipinski definition) is 2. The Morgan fingerprint density at radius 2 is 2.29 bits per heavy atom. The number of hydrogen-bond donors (Lipinski definition) is 0. The van der Waals surface area contributed by atoms with Crippen molar-refractivity contribution in [3.63, 3.8) is 0 Å². The summed E-state index contributed by atoms with van der Waals surface area (Å²) in [7, 11) is 0. The van der Waals surface area contributed by atoms with E-state index in [1.165, 1.54) is 0 Å². The van der Waals surface area contributed by atoms with E-state index in [0.717, 1.165) is 11.6 Å². The summed E-state index contributed by atoms with van der Waals surface area (Å²) in [6.45, 7) is 4.14. The van der Waals surface area contributed by atoms with Crippen molar-refractivity contribution in [1.82, 2.24) is 4.57 Å². The van der Waals surface area contributed by atoms with E-state index in [-0.39, 0.29) is 6.61 Å². The number of nitrogens with zero attached hydrogens (tertiary/aromatic N) is 1. The number of allylic oxidation sites excluding steroid dienone is 1. The molecule has 3 nitrogen and oxygen atoms in total. The van der Waals surface area contributed by atoms with Crippen LogP contribution >= 0.6 is 0 Å². The highest BCUT2D eigenvalue weighted by molar-refractivity contribution is 5.78. The van der Waals surface area contributed by atoms with Crippen LogP contribution in [0.1, 0.15) is 19.4 Å². The molecular weight excluding hydrogens is 276 g/mol. The smallest absolute Gasteiger partial charge is 0.310 e. The van der Waals surface area contributed by atoms with Crippen molar-refractivity contribution in [3.8, 4) is 12.3 Å². The molecule has 0 bridgehead atoms. The van der Waals surface area contributed by atoms with Crippen molar-refractivity contribution in [3.05, 3.63) is 36.2 Å². The fourth-order valence-electron chi connectivity index (χ4n) is 2.60. The number of halogens is 2. The van der Waals surface area contributed by atoms with Gasteiger partial charge >= 0.3 is 5.97 Å². The number of aromatic nitrogens is 1. The summed E-state index contributed by atoms with van der Waals surface area (Å²) >= 11 is 0. The Morgan fingerprint density at radius 1 is 1.57 bits per heavy atom. The highest BCUT2D eigenvalue weighted by atomic mass is 19.3. The van der Waals surface area contributed by atoms with Gasteiger partial charge in [0.2, 0.25) is 0 Å². The first-order valence-electron chi connectivity index (χ1n) is 6.64. The Morgan fingerprint density at radius 3 is 2.90 bits per heavy atom. The summed E-state index contributed by atoms with van der Waals surface area (Å²) in [5, 5.41) is 0. The summed E-state index contributed by atoms with van der Waals surface area (Å²) in [5.41, 5.74) is 0.344. The molecule has 21 heavy (non-hydrogen) atoms. The molecule has 2 rings (SSSR count). The van der Waals surface area contributed by atoms with Crippen LogP contribution in [-0.2, 0) is 22.7 Å². The predicted octanol–water partition coefficient (Wildman–Crippen LogP) is 3.22. The zero-order valence-corrected chi connectivity index (χ0v) is 12.0. The highest BCUT2D eigenvalue weighted by Crippen LogP contribution is 2.60. The maximum Gasteiger partial charge on any atom is 0.310 e. The second-order valence-electron chi connectivity index (χ2n) is 5.79. The molecule has 1 aromatic rings. The third kappa shape index (κ3) is 3.33. The number of esters is 1. The van der Waals surface area contributed by atoms with Gasteiger partial charge in [-0.1, -0.05) is 19.8 Å². The number of carbonyl (C=O) groups excluding carboxylic acids is 1. The van der Waals surface area contributed by atoms with E-state index >= 15 is 0 Å². The lowest BCUT2D eigenvalue weighted by molar-refractivity contribution is -0.147. The lowest BCUT2D eigenvalue weighted by atomic mass is 10.1. The molecule has 0 amide bonds. The molecule has 0 N–H and O–H groups in total. The Balaban J connectivity index is 1.91. The average molecular weight is 293 g/mol. The quantitative estimate of drug-likeness (QED) is 0.616. The van der Waals surface area contributed by atoms with Crippen LogP contribution < -0.4 is 0 Å². The zero-order valence-electron chi connectivity index (χ0n) is 12.0. The van der Waals surface area contributed by atoms with Gasteiger partial charge in [-0.25, -0.2) is 0 Å². The lowest BCUT2D eigenvalue weighted by Crippen LogP contribution is -2.10. The third-order valence-corrected chi connectivity index (χ3v) is 3.94. The first-order chi connectivity index (χ1) is 9.86. The summed E-state index contributed by atoms with van der Waals surface area (Å²) in [6.07, 6.45) is 7.88. The van der Waals surface area contributed by atoms with Crippen molar-refractivity contribution in [2.75, 3.05) is 0 Å². The van der Waals surface area contributed by atoms with Crippen LogP contribution in [0.15, 0.2) is 30.6 Å². The van der Waals surface area contributed by atoms with E-state index in [0.29, 0.717) is 6.54 Å². The van der Waals surface area contributed by atoms with Crippen LogP contribution in [0.2, 0.25) is 0 Å². The molecule has 0 radical (unpaired) electrons. The Bertz CT molecular complexity index is 606. The van der Waals surface area contributed by atoms with Gasteiger partial charge in [0.25, 0.3) is 6.08 Å². The van der Waals surface area contributed by atoms with Gasteiger partial charge in [0.1, 0.15) is 6.61 Å². The molecule has 0 aliphatic heterocycles. The van der Waals surface area contributed by atoms with Crippen LogP contribution in [0.5, 0.6) is 0 Å². The average Bonchev–Trinajstić information content (AvgIpc) is 2.75. The molecule has 1 aromatic heterocycles. The van der Waals surface area contributed by atoms with Gasteiger partial charge in [0, 0.05) is 23.9 Å². The maximum absolute atomic E-state index is 12.3. The molecule has 0 saturated heterocycles. The van der Waals surface area contributed by atoms with Gasteiger partial charge < -0.3 is 9.30 Å². The highest BCUT2D eigenvalue weighted by Gasteiger charge is 2.61. The number of ether oxygens (including phenoxy) is 1. The van der Waals surface area contributed by atoms with E-state index in [1.54, 1.807) is 36.9 Å². The second kappa shape index (κ2) is 5.72. The standard InChI is InChI=1S/C16H17F2NO2/c1-4-6-19-7-5-11(9-19)10-21-15(20)14-12(8-13(17)18)16(14,2)3/h1,5,7-9,12,14H,6,10H2,2-3H3/t12-,14+/m0/s1. The van der Waals surface area contributed by atoms with E-state index in [1.807, 2.05) is 0 Å². The molecule has 0 unspecified atom stereocenters. The fraction of sp³-hybridized carbons (Fsp3) is 0.438. The van der Waals surface area contributed by atoms with Crippen molar-refractivity contribution in [1.29, 1.82) is 0 Å². The van der Waals surface area contributed by atoms with Gasteiger partial charge in [-0.15, -0.1) is 6.42 Å². The topological polar surface area (TPSA) is 31.2 Å². The molecule has 0 spiro atoms. The Kier molecular flexibility index (Phi) is 4.17. The molecule has 2 atom stereocenters. The molecule has 112 valence electrons. The minimum absolute atomic E-state index is 0.123. The minimum Gasteiger partial charge on any atom is -0.461 e. The summed E-state index contributed by atoms with van der Waals surface area (Å²) in [6, 6.07) is 1.81.